The standard InChI is InChI=1S/C27H33NO4/c1-17(2)14-22(29)23-24(19-10-12-20(13-11-19)27(3,4)5)28(26(31)25(23)30)16-18-8-7-9-21(15-18)32-6/h7-13,15,17,24,30H,14,16H2,1-6H3. The lowest BCUT2D eigenvalue weighted by molar-refractivity contribution is -0.130. The van der Waals surface area contributed by atoms with E-state index >= 15 is 0 Å². The molecular weight excluding hydrogens is 402 g/mol. The van der Waals surface area contributed by atoms with Gasteiger partial charge in [0.25, 0.3) is 5.91 Å². The van der Waals surface area contributed by atoms with Crippen LogP contribution in [0.5, 0.6) is 5.75 Å². The Morgan fingerprint density at radius 3 is 2.34 bits per heavy atom. The molecule has 0 aliphatic carbocycles. The molecule has 32 heavy (non-hydrogen) atoms. The highest BCUT2D eigenvalue weighted by atomic mass is 16.5. The number of carbonyl (C=O) groups is 2. The molecule has 0 aromatic heterocycles. The first kappa shape index (κ1) is 23.6. The van der Waals surface area contributed by atoms with E-state index in [9.17, 15) is 14.7 Å². The number of ketones is 1. The van der Waals surface area contributed by atoms with Gasteiger partial charge in [-0.1, -0.05) is 71.0 Å². The van der Waals surface area contributed by atoms with Crippen LogP contribution in [0.3, 0.4) is 0 Å². The molecule has 0 saturated heterocycles. The maximum absolute atomic E-state index is 13.1. The fourth-order valence-corrected chi connectivity index (χ4v) is 4.06. The molecule has 0 saturated carbocycles. The molecule has 170 valence electrons. The zero-order valence-electron chi connectivity index (χ0n) is 19.8. The molecule has 0 fully saturated rings. The minimum Gasteiger partial charge on any atom is -0.503 e. The summed E-state index contributed by atoms with van der Waals surface area (Å²) >= 11 is 0. The second kappa shape index (κ2) is 9.19. The molecule has 1 aliphatic heterocycles. The summed E-state index contributed by atoms with van der Waals surface area (Å²) in [6.07, 6.45) is 0.274. The van der Waals surface area contributed by atoms with Gasteiger partial charge in [-0.05, 0) is 40.2 Å². The van der Waals surface area contributed by atoms with Crippen molar-refractivity contribution in [1.82, 2.24) is 4.90 Å². The predicted octanol–water partition coefficient (Wildman–Crippen LogP) is 5.50. The molecule has 1 amide bonds. The lowest BCUT2D eigenvalue weighted by atomic mass is 9.85. The Bertz CT molecular complexity index is 1030. The van der Waals surface area contributed by atoms with E-state index in [0.29, 0.717) is 5.75 Å². The van der Waals surface area contributed by atoms with E-state index in [1.54, 1.807) is 12.0 Å². The number of hydrogen-bond donors (Lipinski definition) is 1. The van der Waals surface area contributed by atoms with Gasteiger partial charge in [0.2, 0.25) is 0 Å². The molecule has 5 heteroatoms. The maximum Gasteiger partial charge on any atom is 0.290 e. The number of aliphatic hydroxyl groups excluding tert-OH is 1. The normalized spacial score (nSPS) is 16.8. The predicted molar refractivity (Wildman–Crippen MR) is 126 cm³/mol. The molecule has 1 aliphatic rings. The van der Waals surface area contributed by atoms with Crippen molar-refractivity contribution in [3.63, 3.8) is 0 Å². The summed E-state index contributed by atoms with van der Waals surface area (Å²) in [5.74, 6) is -0.347. The monoisotopic (exact) mass is 435 g/mol. The van der Waals surface area contributed by atoms with E-state index < -0.39 is 17.7 Å². The summed E-state index contributed by atoms with van der Waals surface area (Å²) < 4.78 is 5.31. The topological polar surface area (TPSA) is 66.8 Å². The number of ether oxygens (including phenoxy) is 1. The van der Waals surface area contributed by atoms with Gasteiger partial charge < -0.3 is 14.7 Å². The van der Waals surface area contributed by atoms with Gasteiger partial charge in [0, 0.05) is 13.0 Å². The number of Topliss-reactive ketones (excluding diaryl/α,β-unsaturated/α-hetero) is 1. The molecule has 3 rings (SSSR count). The molecule has 2 aromatic rings. The van der Waals surface area contributed by atoms with Gasteiger partial charge in [-0.25, -0.2) is 0 Å². The molecule has 1 N–H and O–H groups in total. The van der Waals surface area contributed by atoms with Crippen molar-refractivity contribution < 1.29 is 19.4 Å². The van der Waals surface area contributed by atoms with Gasteiger partial charge in [0.05, 0.1) is 18.7 Å². The molecule has 1 unspecified atom stereocenters. The number of aliphatic hydroxyl groups is 1. The van der Waals surface area contributed by atoms with Gasteiger partial charge in [-0.2, -0.15) is 0 Å². The second-order valence-electron chi connectivity index (χ2n) is 9.84. The Kier molecular flexibility index (Phi) is 6.77. The zero-order chi connectivity index (χ0) is 23.6. The highest BCUT2D eigenvalue weighted by molar-refractivity contribution is 6.09. The summed E-state index contributed by atoms with van der Waals surface area (Å²) in [6, 6.07) is 14.8. The second-order valence-corrected chi connectivity index (χ2v) is 9.84. The van der Waals surface area contributed by atoms with Crippen LogP contribution in [0.4, 0.5) is 0 Å². The Morgan fingerprint density at radius 2 is 1.78 bits per heavy atom. The highest BCUT2D eigenvalue weighted by Gasteiger charge is 2.43. The Labute approximate surface area is 190 Å². The first-order chi connectivity index (χ1) is 15.0. The van der Waals surface area contributed by atoms with E-state index in [2.05, 4.69) is 20.8 Å². The lowest BCUT2D eigenvalue weighted by Gasteiger charge is -2.28. The number of carbonyl (C=O) groups excluding carboxylic acids is 2. The summed E-state index contributed by atoms with van der Waals surface area (Å²) in [5.41, 5.74) is 3.01. The number of rotatable bonds is 7. The smallest absolute Gasteiger partial charge is 0.290 e. The van der Waals surface area contributed by atoms with E-state index in [4.69, 9.17) is 4.74 Å². The van der Waals surface area contributed by atoms with Gasteiger partial charge in [-0.15, -0.1) is 0 Å². The van der Waals surface area contributed by atoms with Crippen molar-refractivity contribution >= 4 is 11.7 Å². The first-order valence-corrected chi connectivity index (χ1v) is 11.0. The number of amides is 1. The Balaban J connectivity index is 2.05. The number of methoxy groups -OCH3 is 1. The number of benzene rings is 2. The molecule has 0 bridgehead atoms. The van der Waals surface area contributed by atoms with Crippen LogP contribution < -0.4 is 4.74 Å². The van der Waals surface area contributed by atoms with Crippen molar-refractivity contribution in [1.29, 1.82) is 0 Å². The Morgan fingerprint density at radius 1 is 1.12 bits per heavy atom. The molecule has 0 spiro atoms. The summed E-state index contributed by atoms with van der Waals surface area (Å²) in [7, 11) is 1.59. The van der Waals surface area contributed by atoms with Gasteiger partial charge in [0.15, 0.2) is 11.5 Å². The fourth-order valence-electron chi connectivity index (χ4n) is 4.06. The van der Waals surface area contributed by atoms with E-state index in [0.717, 1.165) is 16.7 Å². The van der Waals surface area contributed by atoms with Crippen molar-refractivity contribution in [3.05, 3.63) is 76.6 Å². The molecule has 1 atom stereocenters. The van der Waals surface area contributed by atoms with Crippen molar-refractivity contribution in [3.8, 4) is 5.75 Å². The van der Waals surface area contributed by atoms with Crippen molar-refractivity contribution in [2.45, 2.75) is 59.0 Å². The molecule has 1 heterocycles. The number of nitrogens with zero attached hydrogens (tertiary/aromatic N) is 1. The van der Waals surface area contributed by atoms with Crippen LogP contribution in [0.15, 0.2) is 59.9 Å². The molecular formula is C27H33NO4. The van der Waals surface area contributed by atoms with Crippen LogP contribution in [0, 0.1) is 5.92 Å². The minimum absolute atomic E-state index is 0.0153. The third-order valence-electron chi connectivity index (χ3n) is 5.78. The van der Waals surface area contributed by atoms with Crippen LogP contribution in [0.2, 0.25) is 0 Å². The van der Waals surface area contributed by atoms with Crippen LogP contribution in [-0.2, 0) is 21.5 Å². The van der Waals surface area contributed by atoms with Crippen molar-refractivity contribution in [2.24, 2.45) is 5.92 Å². The fraction of sp³-hybridized carbons (Fsp3) is 0.407. The largest absolute Gasteiger partial charge is 0.503 e. The summed E-state index contributed by atoms with van der Waals surface area (Å²) in [6.45, 7) is 10.6. The molecule has 5 nitrogen and oxygen atoms in total. The first-order valence-electron chi connectivity index (χ1n) is 11.0. The zero-order valence-corrected chi connectivity index (χ0v) is 19.8. The Hall–Kier alpha value is -3.08. The van der Waals surface area contributed by atoms with Gasteiger partial charge in [0.1, 0.15) is 5.75 Å². The van der Waals surface area contributed by atoms with Gasteiger partial charge >= 0.3 is 0 Å². The molecule has 2 aromatic carbocycles. The van der Waals surface area contributed by atoms with Crippen molar-refractivity contribution in [2.75, 3.05) is 7.11 Å². The van der Waals surface area contributed by atoms with Crippen LogP contribution >= 0.6 is 0 Å². The SMILES string of the molecule is COc1cccc(CN2C(=O)C(O)=C(C(=O)CC(C)C)C2c2ccc(C(C)(C)C)cc2)c1. The highest BCUT2D eigenvalue weighted by Crippen LogP contribution is 2.40. The minimum atomic E-state index is -0.631. The quantitative estimate of drug-likeness (QED) is 0.623. The van der Waals surface area contributed by atoms with E-state index in [1.165, 1.54) is 0 Å². The summed E-state index contributed by atoms with van der Waals surface area (Å²) in [5, 5.41) is 10.7. The van der Waals surface area contributed by atoms with Crippen LogP contribution in [0.1, 0.15) is 63.8 Å². The average molecular weight is 436 g/mol. The van der Waals surface area contributed by atoms with E-state index in [-0.39, 0.29) is 35.7 Å². The third-order valence-corrected chi connectivity index (χ3v) is 5.78. The maximum atomic E-state index is 13.1. The third kappa shape index (κ3) is 4.87. The van der Waals surface area contributed by atoms with Crippen LogP contribution in [-0.4, -0.2) is 28.8 Å². The molecule has 0 radical (unpaired) electrons. The van der Waals surface area contributed by atoms with E-state index in [1.807, 2.05) is 62.4 Å². The lowest BCUT2D eigenvalue weighted by Crippen LogP contribution is -2.31. The number of hydrogen-bond acceptors (Lipinski definition) is 4. The average Bonchev–Trinajstić information content (AvgIpc) is 2.98. The van der Waals surface area contributed by atoms with Gasteiger partial charge in [-0.3, -0.25) is 9.59 Å². The van der Waals surface area contributed by atoms with Crippen LogP contribution in [0.25, 0.3) is 0 Å². The summed E-state index contributed by atoms with van der Waals surface area (Å²) in [4.78, 5) is 27.8.